The highest BCUT2D eigenvalue weighted by molar-refractivity contribution is 7.99. The van der Waals surface area contributed by atoms with Crippen LogP contribution in [0.25, 0.3) is 10.9 Å². The number of hydrogen-bond acceptors (Lipinski definition) is 7. The van der Waals surface area contributed by atoms with Crippen molar-refractivity contribution < 1.29 is 19.0 Å². The predicted molar refractivity (Wildman–Crippen MR) is 130 cm³/mol. The van der Waals surface area contributed by atoms with Gasteiger partial charge in [0.15, 0.2) is 0 Å². The number of aromatic nitrogens is 3. The number of carbonyl (C=O) groups is 1. The van der Waals surface area contributed by atoms with E-state index in [-0.39, 0.29) is 12.3 Å². The van der Waals surface area contributed by atoms with Crippen LogP contribution < -0.4 is 4.74 Å². The zero-order chi connectivity index (χ0) is 23.9. The van der Waals surface area contributed by atoms with E-state index in [0.717, 1.165) is 41.2 Å². The Kier molecular flexibility index (Phi) is 8.29. The Morgan fingerprint density at radius 3 is 2.94 bits per heavy atom. The summed E-state index contributed by atoms with van der Waals surface area (Å²) in [5.74, 6) is 0.167. The Morgan fingerprint density at radius 1 is 1.29 bits per heavy atom. The molecule has 7 nitrogen and oxygen atoms in total. The fourth-order valence-corrected chi connectivity index (χ4v) is 5.44. The van der Waals surface area contributed by atoms with E-state index in [1.165, 1.54) is 6.33 Å². The summed E-state index contributed by atoms with van der Waals surface area (Å²) in [6, 6.07) is 9.01. The van der Waals surface area contributed by atoms with Crippen molar-refractivity contribution in [1.82, 2.24) is 19.9 Å². The van der Waals surface area contributed by atoms with E-state index in [9.17, 15) is 9.90 Å². The van der Waals surface area contributed by atoms with Gasteiger partial charge >= 0.3 is 5.97 Å². The molecule has 0 bridgehead atoms. The lowest BCUT2D eigenvalue weighted by molar-refractivity contribution is -0.146. The second kappa shape index (κ2) is 11.6. The number of benzene rings is 1. The largest absolute Gasteiger partial charge is 0.497 e. The lowest BCUT2D eigenvalue weighted by atomic mass is 9.81. The quantitative estimate of drug-likeness (QED) is 0.329. The van der Waals surface area contributed by atoms with Crippen LogP contribution in [0.15, 0.2) is 54.1 Å². The van der Waals surface area contributed by atoms with Crippen LogP contribution in [0, 0.1) is 11.8 Å². The highest BCUT2D eigenvalue weighted by Crippen LogP contribution is 2.35. The van der Waals surface area contributed by atoms with Crippen LogP contribution >= 0.6 is 11.8 Å². The first-order chi connectivity index (χ1) is 16.5. The number of piperidine rings is 1. The summed E-state index contributed by atoms with van der Waals surface area (Å²) in [5, 5.41) is 11.5. The number of ether oxygens (including phenoxy) is 1. The minimum absolute atomic E-state index is 0.0378. The molecule has 0 spiro atoms. The maximum Gasteiger partial charge on any atom is 0.308 e. The van der Waals surface area contributed by atoms with Gasteiger partial charge in [0.05, 0.1) is 23.6 Å². The van der Waals surface area contributed by atoms with E-state index in [1.807, 2.05) is 24.3 Å². The fraction of sp³-hybridized carbons (Fsp3) is 0.440. The van der Waals surface area contributed by atoms with Gasteiger partial charge in [0.25, 0.3) is 0 Å². The molecule has 1 aliphatic heterocycles. The van der Waals surface area contributed by atoms with Crippen molar-refractivity contribution in [3.63, 3.8) is 0 Å². The van der Waals surface area contributed by atoms with Crippen LogP contribution in [0.3, 0.4) is 0 Å². The molecule has 0 radical (unpaired) electrons. The SMILES string of the molecule is COc1ccc2nccc([C@H](F)CC[C@@H]3CCN(CCSc4ccncn4)C[C@@H]3C(=O)O)c2c1. The molecular weight excluding hydrogens is 455 g/mol. The molecule has 2 aromatic heterocycles. The van der Waals surface area contributed by atoms with Gasteiger partial charge in [0.2, 0.25) is 0 Å². The predicted octanol–water partition coefficient (Wildman–Crippen LogP) is 4.64. The van der Waals surface area contributed by atoms with Crippen LogP contribution in [0.5, 0.6) is 5.75 Å². The van der Waals surface area contributed by atoms with Crippen molar-refractivity contribution in [2.24, 2.45) is 11.8 Å². The van der Waals surface area contributed by atoms with Crippen LogP contribution in [0.4, 0.5) is 4.39 Å². The Hall–Kier alpha value is -2.78. The number of rotatable bonds is 10. The van der Waals surface area contributed by atoms with Crippen LogP contribution in [0.2, 0.25) is 0 Å². The third-order valence-corrected chi connectivity index (χ3v) is 7.40. The maximum atomic E-state index is 15.3. The number of alkyl halides is 1. The summed E-state index contributed by atoms with van der Waals surface area (Å²) < 4.78 is 20.6. The zero-order valence-electron chi connectivity index (χ0n) is 19.1. The molecule has 34 heavy (non-hydrogen) atoms. The molecule has 1 fully saturated rings. The molecule has 1 saturated heterocycles. The van der Waals surface area contributed by atoms with Gasteiger partial charge in [0, 0.05) is 36.6 Å². The average Bonchev–Trinajstić information content (AvgIpc) is 2.87. The minimum atomic E-state index is -1.19. The monoisotopic (exact) mass is 484 g/mol. The van der Waals surface area contributed by atoms with Gasteiger partial charge in [-0.05, 0) is 67.6 Å². The first kappa shape index (κ1) is 24.3. The topological polar surface area (TPSA) is 88.4 Å². The second-order valence-electron chi connectivity index (χ2n) is 8.52. The van der Waals surface area contributed by atoms with E-state index >= 15 is 4.39 Å². The van der Waals surface area contributed by atoms with Gasteiger partial charge in [-0.15, -0.1) is 11.8 Å². The van der Waals surface area contributed by atoms with Crippen molar-refractivity contribution in [3.8, 4) is 5.75 Å². The van der Waals surface area contributed by atoms with Crippen molar-refractivity contribution in [2.45, 2.75) is 30.5 Å². The number of pyridine rings is 1. The summed E-state index contributed by atoms with van der Waals surface area (Å²) in [6.07, 6.45) is 5.25. The number of carboxylic acid groups (broad SMARTS) is 1. The smallest absolute Gasteiger partial charge is 0.308 e. The second-order valence-corrected chi connectivity index (χ2v) is 9.63. The summed E-state index contributed by atoms with van der Waals surface area (Å²) in [5.41, 5.74) is 1.30. The summed E-state index contributed by atoms with van der Waals surface area (Å²) in [4.78, 5) is 26.6. The number of nitrogens with zero attached hydrogens (tertiary/aromatic N) is 4. The van der Waals surface area contributed by atoms with Gasteiger partial charge in [-0.25, -0.2) is 14.4 Å². The summed E-state index contributed by atoms with van der Waals surface area (Å²) in [7, 11) is 1.58. The molecule has 3 heterocycles. The molecule has 0 aliphatic carbocycles. The fourth-order valence-electron chi connectivity index (χ4n) is 4.60. The lowest BCUT2D eigenvalue weighted by Gasteiger charge is -2.36. The molecule has 0 unspecified atom stereocenters. The molecule has 9 heteroatoms. The maximum absolute atomic E-state index is 15.3. The number of methoxy groups -OCH3 is 1. The normalized spacial score (nSPS) is 19.7. The molecule has 180 valence electrons. The van der Waals surface area contributed by atoms with Crippen molar-refractivity contribution in [2.75, 3.05) is 32.5 Å². The highest BCUT2D eigenvalue weighted by atomic mass is 32.2. The van der Waals surface area contributed by atoms with Crippen molar-refractivity contribution in [3.05, 3.63) is 54.6 Å². The molecule has 3 atom stereocenters. The van der Waals surface area contributed by atoms with Crippen LogP contribution in [-0.4, -0.2) is 63.4 Å². The standard InChI is InChI=1S/C25H29FN4O3S/c1-33-18-3-5-23-20(14-18)19(6-10-28-23)22(26)4-2-17-8-11-30(15-21(17)25(31)32)12-13-34-24-7-9-27-16-29-24/h3,5-7,9-10,14,16-17,21-22H,2,4,8,11-13,15H2,1H3,(H,31,32)/t17-,21+,22-/m1/s1. The molecule has 4 rings (SSSR count). The molecular formula is C25H29FN4O3S. The number of aliphatic carboxylic acids is 1. The average molecular weight is 485 g/mol. The van der Waals surface area contributed by atoms with E-state index in [4.69, 9.17) is 4.74 Å². The van der Waals surface area contributed by atoms with Crippen molar-refractivity contribution in [1.29, 1.82) is 0 Å². The lowest BCUT2D eigenvalue weighted by Crippen LogP contribution is -2.44. The van der Waals surface area contributed by atoms with E-state index in [2.05, 4.69) is 19.9 Å². The number of hydrogen-bond donors (Lipinski definition) is 1. The first-order valence-corrected chi connectivity index (χ1v) is 12.4. The van der Waals surface area contributed by atoms with E-state index in [0.29, 0.717) is 24.3 Å². The molecule has 1 aliphatic rings. The number of thioether (sulfide) groups is 1. The van der Waals surface area contributed by atoms with Crippen LogP contribution in [-0.2, 0) is 4.79 Å². The number of carboxylic acids is 1. The highest BCUT2D eigenvalue weighted by Gasteiger charge is 2.34. The van der Waals surface area contributed by atoms with E-state index < -0.39 is 18.1 Å². The van der Waals surface area contributed by atoms with Gasteiger partial charge < -0.3 is 14.7 Å². The van der Waals surface area contributed by atoms with Gasteiger partial charge in [-0.2, -0.15) is 0 Å². The van der Waals surface area contributed by atoms with Gasteiger partial charge in [0.1, 0.15) is 18.2 Å². The van der Waals surface area contributed by atoms with Gasteiger partial charge in [-0.3, -0.25) is 9.78 Å². The molecule has 0 saturated carbocycles. The summed E-state index contributed by atoms with van der Waals surface area (Å²) >= 11 is 1.64. The minimum Gasteiger partial charge on any atom is -0.497 e. The number of likely N-dealkylation sites (tertiary alicyclic amines) is 1. The number of fused-ring (bicyclic) bond motifs is 1. The molecule has 1 N–H and O–H groups in total. The molecule has 3 aromatic rings. The Balaban J connectivity index is 1.34. The molecule has 0 amide bonds. The zero-order valence-corrected chi connectivity index (χ0v) is 20.0. The Bertz CT molecular complexity index is 1100. The summed E-state index contributed by atoms with van der Waals surface area (Å²) in [6.45, 7) is 2.11. The van der Waals surface area contributed by atoms with Crippen LogP contribution in [0.1, 0.15) is 31.0 Å². The molecule has 1 aromatic carbocycles. The Labute approximate surface area is 202 Å². The number of halogens is 1. The van der Waals surface area contributed by atoms with E-state index in [1.54, 1.807) is 37.3 Å². The first-order valence-electron chi connectivity index (χ1n) is 11.5. The third kappa shape index (κ3) is 6.01. The van der Waals surface area contributed by atoms with Gasteiger partial charge in [-0.1, -0.05) is 0 Å². The van der Waals surface area contributed by atoms with Crippen molar-refractivity contribution >= 4 is 28.6 Å². The Morgan fingerprint density at radius 2 is 2.18 bits per heavy atom. The third-order valence-electron chi connectivity index (χ3n) is 6.48.